The first-order chi connectivity index (χ1) is 14.4. The zero-order valence-corrected chi connectivity index (χ0v) is 17.3. The molecular weight excluding hydrogens is 450 g/mol. The normalized spacial score (nSPS) is 12.4. The molecule has 0 aliphatic carbocycles. The molecule has 0 spiro atoms. The number of carbonyl (C=O) groups excluding carboxylic acids is 1. The summed E-state index contributed by atoms with van der Waals surface area (Å²) in [7, 11) is -9.48. The Kier molecular flexibility index (Phi) is 5.78. The molecule has 13 heteroatoms. The SMILES string of the molecule is CC(=O)Nc1ccc(N=Nc2c(S(=O)(=O)O)cc3cc(S(=O)(=O)O)ccc3c2O)cc1. The number of azo groups is 1. The second kappa shape index (κ2) is 8.03. The van der Waals surface area contributed by atoms with Crippen LogP contribution >= 0.6 is 0 Å². The highest BCUT2D eigenvalue weighted by Crippen LogP contribution is 2.41. The first-order valence-electron chi connectivity index (χ1n) is 8.40. The summed E-state index contributed by atoms with van der Waals surface area (Å²) in [4.78, 5) is 9.70. The van der Waals surface area contributed by atoms with E-state index in [0.29, 0.717) is 5.69 Å². The minimum atomic E-state index is -4.89. The molecule has 31 heavy (non-hydrogen) atoms. The van der Waals surface area contributed by atoms with Crippen LogP contribution in [0.25, 0.3) is 10.8 Å². The molecule has 4 N–H and O–H groups in total. The Morgan fingerprint density at radius 2 is 1.55 bits per heavy atom. The average Bonchev–Trinajstić information content (AvgIpc) is 2.66. The standard InChI is InChI=1S/C18H15N3O8S2/c1-10(22)19-12-2-4-13(5-3-12)20-21-17-16(31(27,28)29)9-11-8-14(30(24,25)26)6-7-15(11)18(17)23/h2-9,23H,1H3,(H,19,22)(H,24,25,26)(H,27,28,29). The van der Waals surface area contributed by atoms with Gasteiger partial charge in [-0.05, 0) is 53.9 Å². The maximum absolute atomic E-state index is 11.8. The fourth-order valence-electron chi connectivity index (χ4n) is 2.71. The second-order valence-corrected chi connectivity index (χ2v) is 9.14. The number of phenols is 1. The van der Waals surface area contributed by atoms with Crippen molar-refractivity contribution in [1.29, 1.82) is 0 Å². The number of fused-ring (bicyclic) bond motifs is 1. The molecule has 0 aliphatic rings. The highest BCUT2D eigenvalue weighted by atomic mass is 32.2. The predicted octanol–water partition coefficient (Wildman–Crippen LogP) is 3.41. The lowest BCUT2D eigenvalue weighted by Gasteiger charge is -2.09. The number of anilines is 1. The number of phenolic OH excluding ortho intramolecular Hbond substituents is 1. The van der Waals surface area contributed by atoms with Crippen molar-refractivity contribution < 1.29 is 35.8 Å². The van der Waals surface area contributed by atoms with Crippen LogP contribution in [0.2, 0.25) is 0 Å². The Balaban J connectivity index is 2.13. The minimum absolute atomic E-state index is 0.00903. The molecule has 3 rings (SSSR count). The third-order valence-corrected chi connectivity index (χ3v) is 5.77. The van der Waals surface area contributed by atoms with Crippen molar-refractivity contribution in [1.82, 2.24) is 0 Å². The summed E-state index contributed by atoms with van der Waals surface area (Å²) in [6.07, 6.45) is 0. The summed E-state index contributed by atoms with van der Waals surface area (Å²) in [5.41, 5.74) is 0.172. The number of nitrogens with zero attached hydrogens (tertiary/aromatic N) is 2. The number of benzene rings is 3. The van der Waals surface area contributed by atoms with E-state index in [9.17, 15) is 31.3 Å². The first kappa shape index (κ1) is 22.3. The molecule has 0 unspecified atom stereocenters. The smallest absolute Gasteiger partial charge is 0.296 e. The highest BCUT2D eigenvalue weighted by molar-refractivity contribution is 7.86. The van der Waals surface area contributed by atoms with E-state index in [1.807, 2.05) is 0 Å². The summed E-state index contributed by atoms with van der Waals surface area (Å²) < 4.78 is 65.0. The molecule has 0 aliphatic heterocycles. The fraction of sp³-hybridized carbons (Fsp3) is 0.0556. The molecule has 0 radical (unpaired) electrons. The van der Waals surface area contributed by atoms with Gasteiger partial charge in [-0.3, -0.25) is 13.9 Å². The highest BCUT2D eigenvalue weighted by Gasteiger charge is 2.23. The monoisotopic (exact) mass is 465 g/mol. The van der Waals surface area contributed by atoms with E-state index >= 15 is 0 Å². The van der Waals surface area contributed by atoms with Gasteiger partial charge in [-0.2, -0.15) is 21.9 Å². The van der Waals surface area contributed by atoms with E-state index in [1.54, 1.807) is 0 Å². The molecule has 0 heterocycles. The van der Waals surface area contributed by atoms with Gasteiger partial charge >= 0.3 is 0 Å². The molecule has 162 valence electrons. The Hall–Kier alpha value is -3.39. The molecule has 1 amide bonds. The quantitative estimate of drug-likeness (QED) is 0.326. The Morgan fingerprint density at radius 1 is 0.903 bits per heavy atom. The summed E-state index contributed by atoms with van der Waals surface area (Å²) >= 11 is 0. The largest absolute Gasteiger partial charge is 0.505 e. The minimum Gasteiger partial charge on any atom is -0.505 e. The van der Waals surface area contributed by atoms with Crippen LogP contribution in [-0.4, -0.2) is 37.0 Å². The van der Waals surface area contributed by atoms with Gasteiger partial charge in [0.05, 0.1) is 10.6 Å². The first-order valence-corrected chi connectivity index (χ1v) is 11.3. The molecule has 0 saturated carbocycles. The van der Waals surface area contributed by atoms with E-state index in [1.165, 1.54) is 31.2 Å². The van der Waals surface area contributed by atoms with Crippen LogP contribution < -0.4 is 5.32 Å². The molecule has 0 bridgehead atoms. The van der Waals surface area contributed by atoms with Gasteiger partial charge in [-0.25, -0.2) is 0 Å². The van der Waals surface area contributed by atoms with Crippen LogP contribution in [-0.2, 0) is 25.0 Å². The number of nitrogens with one attached hydrogen (secondary N) is 1. The number of amides is 1. The van der Waals surface area contributed by atoms with Crippen molar-refractivity contribution in [2.75, 3.05) is 5.32 Å². The third-order valence-electron chi connectivity index (χ3n) is 4.05. The van der Waals surface area contributed by atoms with Gasteiger partial charge in [-0.15, -0.1) is 5.11 Å². The lowest BCUT2D eigenvalue weighted by Crippen LogP contribution is -2.04. The Labute approximate surface area is 176 Å². The second-order valence-electron chi connectivity index (χ2n) is 6.33. The van der Waals surface area contributed by atoms with Crippen molar-refractivity contribution in [3.8, 4) is 5.75 Å². The molecule has 3 aromatic carbocycles. The van der Waals surface area contributed by atoms with Crippen molar-refractivity contribution in [3.63, 3.8) is 0 Å². The van der Waals surface area contributed by atoms with Crippen molar-refractivity contribution in [2.24, 2.45) is 10.2 Å². The summed E-state index contributed by atoms with van der Waals surface area (Å²) in [6, 6.07) is 9.97. The predicted molar refractivity (Wildman–Crippen MR) is 110 cm³/mol. The van der Waals surface area contributed by atoms with E-state index in [0.717, 1.165) is 24.3 Å². The van der Waals surface area contributed by atoms with Crippen LogP contribution in [0.3, 0.4) is 0 Å². The van der Waals surface area contributed by atoms with Gasteiger partial charge in [0.2, 0.25) is 5.91 Å². The Morgan fingerprint density at radius 3 is 2.10 bits per heavy atom. The van der Waals surface area contributed by atoms with Crippen LogP contribution in [0.4, 0.5) is 17.1 Å². The topological polar surface area (TPSA) is 183 Å². The summed E-state index contributed by atoms with van der Waals surface area (Å²) in [5.74, 6) is -0.948. The zero-order chi connectivity index (χ0) is 23.0. The molecule has 0 aromatic heterocycles. The average molecular weight is 465 g/mol. The number of aromatic hydroxyl groups is 1. The van der Waals surface area contributed by atoms with Crippen molar-refractivity contribution in [3.05, 3.63) is 48.5 Å². The Bertz CT molecular complexity index is 1430. The van der Waals surface area contributed by atoms with Gasteiger partial charge in [0, 0.05) is 18.0 Å². The van der Waals surface area contributed by atoms with E-state index < -0.39 is 41.5 Å². The summed E-state index contributed by atoms with van der Waals surface area (Å²) in [5, 5.41) is 20.6. The van der Waals surface area contributed by atoms with Crippen LogP contribution in [0, 0.1) is 0 Å². The van der Waals surface area contributed by atoms with Crippen molar-refractivity contribution in [2.45, 2.75) is 16.7 Å². The molecule has 11 nitrogen and oxygen atoms in total. The third kappa shape index (κ3) is 5.03. The summed E-state index contributed by atoms with van der Waals surface area (Å²) in [6.45, 7) is 1.34. The number of hydrogen-bond acceptors (Lipinski definition) is 8. The van der Waals surface area contributed by atoms with Gasteiger partial charge in [0.25, 0.3) is 20.2 Å². The maximum Gasteiger partial charge on any atom is 0.296 e. The van der Waals surface area contributed by atoms with E-state index in [4.69, 9.17) is 4.55 Å². The molecular formula is C18H15N3O8S2. The van der Waals surface area contributed by atoms with Gasteiger partial charge < -0.3 is 10.4 Å². The van der Waals surface area contributed by atoms with Gasteiger partial charge in [0.15, 0.2) is 5.75 Å². The molecule has 0 fully saturated rings. The van der Waals surface area contributed by atoms with Gasteiger partial charge in [-0.1, -0.05) is 0 Å². The number of hydrogen-bond donors (Lipinski definition) is 4. The van der Waals surface area contributed by atoms with E-state index in [-0.39, 0.29) is 22.4 Å². The molecule has 0 atom stereocenters. The number of rotatable bonds is 5. The lowest BCUT2D eigenvalue weighted by atomic mass is 10.1. The zero-order valence-electron chi connectivity index (χ0n) is 15.7. The van der Waals surface area contributed by atoms with Gasteiger partial charge in [0.1, 0.15) is 10.6 Å². The molecule has 0 saturated heterocycles. The van der Waals surface area contributed by atoms with Crippen molar-refractivity contribution >= 4 is 54.0 Å². The van der Waals surface area contributed by atoms with Crippen LogP contribution in [0.15, 0.2) is 68.6 Å². The maximum atomic E-state index is 11.8. The lowest BCUT2D eigenvalue weighted by molar-refractivity contribution is -0.114. The molecule has 3 aromatic rings. The fourth-order valence-corrected chi connectivity index (χ4v) is 3.88. The van der Waals surface area contributed by atoms with Crippen LogP contribution in [0.5, 0.6) is 5.75 Å². The van der Waals surface area contributed by atoms with E-state index in [2.05, 4.69) is 15.5 Å². The van der Waals surface area contributed by atoms with Crippen LogP contribution in [0.1, 0.15) is 6.92 Å². The number of carbonyl (C=O) groups is 1.